The third-order valence-electron chi connectivity index (χ3n) is 3.08. The van der Waals surface area contributed by atoms with Gasteiger partial charge in [0, 0.05) is 5.69 Å². The molecule has 0 radical (unpaired) electrons. The van der Waals surface area contributed by atoms with Crippen LogP contribution in [0.1, 0.15) is 10.4 Å². The lowest BCUT2D eigenvalue weighted by Gasteiger charge is -2.38. The van der Waals surface area contributed by atoms with Crippen molar-refractivity contribution in [3.8, 4) is 0 Å². The molecule has 2 N–H and O–H groups in total. The zero-order valence-electron chi connectivity index (χ0n) is 10.5. The minimum atomic E-state index is -0.874. The van der Waals surface area contributed by atoms with E-state index in [2.05, 4.69) is 10.1 Å². The van der Waals surface area contributed by atoms with Crippen LogP contribution in [0.5, 0.6) is 0 Å². The van der Waals surface area contributed by atoms with E-state index in [0.717, 1.165) is 0 Å². The number of aliphatic hydroxyl groups is 1. The topological polar surface area (TPSA) is 84.9 Å². The number of aliphatic hydroxyl groups excluding tert-OH is 1. The molecule has 1 heterocycles. The molecule has 1 aliphatic heterocycles. The maximum atomic E-state index is 12.0. The van der Waals surface area contributed by atoms with Crippen LogP contribution in [0.4, 0.5) is 5.69 Å². The minimum absolute atomic E-state index is 0.200. The number of methoxy groups -OCH3 is 1. The maximum Gasteiger partial charge on any atom is 0.337 e. The van der Waals surface area contributed by atoms with E-state index in [4.69, 9.17) is 4.74 Å². The number of carbonyl (C=O) groups excluding carboxylic acids is 2. The molecule has 102 valence electrons. The predicted octanol–water partition coefficient (Wildman–Crippen LogP) is 0.421. The van der Waals surface area contributed by atoms with Crippen molar-refractivity contribution in [1.29, 1.82) is 0 Å². The number of esters is 1. The third kappa shape index (κ3) is 2.59. The first-order valence-corrected chi connectivity index (χ1v) is 5.80. The molecular weight excluding hydrogens is 250 g/mol. The first-order chi connectivity index (χ1) is 9.11. The van der Waals surface area contributed by atoms with Gasteiger partial charge in [0.25, 0.3) is 0 Å². The van der Waals surface area contributed by atoms with Crippen LogP contribution in [-0.2, 0) is 14.3 Å². The zero-order valence-corrected chi connectivity index (χ0v) is 10.5. The van der Waals surface area contributed by atoms with E-state index in [9.17, 15) is 14.7 Å². The van der Waals surface area contributed by atoms with Crippen molar-refractivity contribution in [3.05, 3.63) is 29.8 Å². The maximum absolute atomic E-state index is 12.0. The molecule has 0 unspecified atom stereocenters. The highest BCUT2D eigenvalue weighted by Crippen LogP contribution is 2.28. The summed E-state index contributed by atoms with van der Waals surface area (Å²) in [5.74, 6) is -0.789. The summed E-state index contributed by atoms with van der Waals surface area (Å²) in [6, 6.07) is 6.42. The molecule has 2 rings (SSSR count). The molecule has 1 fully saturated rings. The Morgan fingerprint density at radius 3 is 2.74 bits per heavy atom. The quantitative estimate of drug-likeness (QED) is 0.771. The van der Waals surface area contributed by atoms with Gasteiger partial charge in [-0.1, -0.05) is 6.07 Å². The van der Waals surface area contributed by atoms with Gasteiger partial charge in [-0.25, -0.2) is 4.79 Å². The molecule has 1 aromatic carbocycles. The van der Waals surface area contributed by atoms with Crippen molar-refractivity contribution in [3.63, 3.8) is 0 Å². The minimum Gasteiger partial charge on any atom is -0.465 e. The predicted molar refractivity (Wildman–Crippen MR) is 66.7 cm³/mol. The molecule has 0 spiro atoms. The third-order valence-corrected chi connectivity index (χ3v) is 3.08. The number of nitrogens with one attached hydrogen (secondary N) is 1. The van der Waals surface area contributed by atoms with Crippen LogP contribution in [0.2, 0.25) is 0 Å². The highest BCUT2D eigenvalue weighted by atomic mass is 16.5. The lowest BCUT2D eigenvalue weighted by Crippen LogP contribution is -2.54. The molecule has 0 aromatic heterocycles. The van der Waals surface area contributed by atoms with Gasteiger partial charge in [0.15, 0.2) is 0 Å². The number of hydrogen-bond acceptors (Lipinski definition) is 5. The van der Waals surface area contributed by atoms with E-state index in [0.29, 0.717) is 11.3 Å². The van der Waals surface area contributed by atoms with Crippen molar-refractivity contribution in [2.24, 2.45) is 5.41 Å². The summed E-state index contributed by atoms with van der Waals surface area (Å²) >= 11 is 0. The summed E-state index contributed by atoms with van der Waals surface area (Å²) in [6.45, 7) is 0.133. The van der Waals surface area contributed by atoms with Gasteiger partial charge in [0.2, 0.25) is 5.91 Å². The number of carbonyl (C=O) groups is 2. The number of benzene rings is 1. The highest BCUT2D eigenvalue weighted by Gasteiger charge is 2.45. The fourth-order valence-corrected chi connectivity index (χ4v) is 1.75. The van der Waals surface area contributed by atoms with Crippen molar-refractivity contribution in [2.75, 3.05) is 32.2 Å². The second-order valence-electron chi connectivity index (χ2n) is 4.46. The first kappa shape index (κ1) is 13.5. The van der Waals surface area contributed by atoms with E-state index in [-0.39, 0.29) is 25.7 Å². The van der Waals surface area contributed by atoms with Gasteiger partial charge >= 0.3 is 5.97 Å². The van der Waals surface area contributed by atoms with Crippen LogP contribution in [0.15, 0.2) is 24.3 Å². The van der Waals surface area contributed by atoms with E-state index in [1.54, 1.807) is 18.2 Å². The molecule has 6 heteroatoms. The fourth-order valence-electron chi connectivity index (χ4n) is 1.75. The second-order valence-corrected chi connectivity index (χ2v) is 4.46. The Bertz CT molecular complexity index is 490. The molecule has 0 aliphatic carbocycles. The molecule has 1 amide bonds. The summed E-state index contributed by atoms with van der Waals surface area (Å²) in [5.41, 5.74) is -0.0443. The molecule has 1 aromatic rings. The average Bonchev–Trinajstić information content (AvgIpc) is 2.37. The fraction of sp³-hybridized carbons (Fsp3) is 0.385. The van der Waals surface area contributed by atoms with Crippen LogP contribution < -0.4 is 5.32 Å². The Hall–Kier alpha value is -1.92. The highest BCUT2D eigenvalue weighted by molar-refractivity contribution is 5.97. The Balaban J connectivity index is 2.11. The number of rotatable bonds is 4. The molecule has 0 bridgehead atoms. The van der Waals surface area contributed by atoms with E-state index < -0.39 is 11.4 Å². The number of amides is 1. The Kier molecular flexibility index (Phi) is 3.82. The smallest absolute Gasteiger partial charge is 0.337 e. The van der Waals surface area contributed by atoms with Gasteiger partial charge < -0.3 is 19.9 Å². The van der Waals surface area contributed by atoms with Gasteiger partial charge in [-0.15, -0.1) is 0 Å². The summed E-state index contributed by atoms with van der Waals surface area (Å²) < 4.78 is 9.58. The number of hydrogen-bond donors (Lipinski definition) is 2. The normalized spacial score (nSPS) is 16.3. The summed E-state index contributed by atoms with van der Waals surface area (Å²) in [6.07, 6.45) is 0. The molecule has 0 atom stereocenters. The monoisotopic (exact) mass is 265 g/mol. The van der Waals surface area contributed by atoms with Crippen LogP contribution in [0.3, 0.4) is 0 Å². The number of ether oxygens (including phenoxy) is 2. The molecule has 1 saturated heterocycles. The van der Waals surface area contributed by atoms with Gasteiger partial charge in [-0.05, 0) is 18.2 Å². The number of anilines is 1. The molecule has 0 saturated carbocycles. The first-order valence-electron chi connectivity index (χ1n) is 5.80. The zero-order chi connectivity index (χ0) is 13.9. The largest absolute Gasteiger partial charge is 0.465 e. The van der Waals surface area contributed by atoms with E-state index in [1.165, 1.54) is 13.2 Å². The second kappa shape index (κ2) is 5.38. The Morgan fingerprint density at radius 2 is 2.21 bits per heavy atom. The van der Waals surface area contributed by atoms with Crippen molar-refractivity contribution < 1.29 is 24.2 Å². The molecule has 6 nitrogen and oxygen atoms in total. The van der Waals surface area contributed by atoms with Crippen molar-refractivity contribution in [2.45, 2.75) is 0 Å². The van der Waals surface area contributed by atoms with Crippen LogP contribution in [0, 0.1) is 5.41 Å². The average molecular weight is 265 g/mol. The van der Waals surface area contributed by atoms with Gasteiger partial charge in [0.1, 0.15) is 5.41 Å². The summed E-state index contributed by atoms with van der Waals surface area (Å²) in [7, 11) is 1.29. The van der Waals surface area contributed by atoms with Gasteiger partial charge in [0.05, 0.1) is 32.5 Å². The van der Waals surface area contributed by atoms with Crippen molar-refractivity contribution in [1.82, 2.24) is 0 Å². The standard InChI is InChI=1S/C13H15NO5/c1-18-11(16)9-3-2-4-10(5-9)14-12(17)13(6-15)7-19-8-13/h2-5,15H,6-8H2,1H3,(H,14,17). The van der Waals surface area contributed by atoms with Gasteiger partial charge in [-0.2, -0.15) is 0 Å². The van der Waals surface area contributed by atoms with E-state index >= 15 is 0 Å². The SMILES string of the molecule is COC(=O)c1cccc(NC(=O)C2(CO)COC2)c1. The molecular formula is C13H15NO5. The molecule has 1 aliphatic rings. The Labute approximate surface area is 110 Å². The lowest BCUT2D eigenvalue weighted by molar-refractivity contribution is -0.164. The van der Waals surface area contributed by atoms with Gasteiger partial charge in [-0.3, -0.25) is 4.79 Å². The van der Waals surface area contributed by atoms with Crippen LogP contribution in [0.25, 0.3) is 0 Å². The van der Waals surface area contributed by atoms with Crippen LogP contribution in [-0.4, -0.2) is 43.9 Å². The lowest BCUT2D eigenvalue weighted by atomic mass is 9.86. The van der Waals surface area contributed by atoms with Crippen LogP contribution >= 0.6 is 0 Å². The molecule has 19 heavy (non-hydrogen) atoms. The summed E-state index contributed by atoms with van der Waals surface area (Å²) in [4.78, 5) is 23.4. The van der Waals surface area contributed by atoms with E-state index in [1.807, 2.05) is 0 Å². The van der Waals surface area contributed by atoms with Crippen molar-refractivity contribution >= 4 is 17.6 Å². The Morgan fingerprint density at radius 1 is 1.47 bits per heavy atom. The summed E-state index contributed by atoms with van der Waals surface area (Å²) in [5, 5.41) is 11.9.